The van der Waals surface area contributed by atoms with Crippen molar-refractivity contribution < 1.29 is 22.7 Å². The van der Waals surface area contributed by atoms with Crippen LogP contribution in [0, 0.1) is 0 Å². The van der Waals surface area contributed by atoms with Crippen LogP contribution >= 0.6 is 23.2 Å². The SMILES string of the molecule is CC[C@@H](C)NC(=O)[C@@H](CC)N(Cc1ccc(Cl)c(Cl)c1)C(=O)CCCN(c1cccc(OC)c1)S(C)(=O)=O. The van der Waals surface area contributed by atoms with Crippen molar-refractivity contribution in [2.24, 2.45) is 0 Å². The number of anilines is 1. The number of rotatable bonds is 14. The molecule has 0 aliphatic rings. The number of nitrogens with zero attached hydrogens (tertiary/aromatic N) is 2. The van der Waals surface area contributed by atoms with E-state index in [4.69, 9.17) is 27.9 Å². The molecule has 0 bridgehead atoms. The molecule has 1 N–H and O–H groups in total. The van der Waals surface area contributed by atoms with Gasteiger partial charge >= 0.3 is 0 Å². The van der Waals surface area contributed by atoms with Crippen LogP contribution in [0.1, 0.15) is 52.0 Å². The second-order valence-corrected chi connectivity index (χ2v) is 11.9. The van der Waals surface area contributed by atoms with Gasteiger partial charge in [-0.15, -0.1) is 0 Å². The quantitative estimate of drug-likeness (QED) is 0.326. The van der Waals surface area contributed by atoms with Crippen LogP contribution in [0.4, 0.5) is 5.69 Å². The van der Waals surface area contributed by atoms with Gasteiger partial charge in [-0.3, -0.25) is 13.9 Å². The summed E-state index contributed by atoms with van der Waals surface area (Å²) in [5, 5.41) is 3.72. The van der Waals surface area contributed by atoms with E-state index in [1.165, 1.54) is 16.3 Å². The maximum Gasteiger partial charge on any atom is 0.243 e. The summed E-state index contributed by atoms with van der Waals surface area (Å²) < 4.78 is 31.5. The van der Waals surface area contributed by atoms with Crippen molar-refractivity contribution in [3.8, 4) is 5.75 Å². The smallest absolute Gasteiger partial charge is 0.243 e. The standard InChI is InChI=1S/C27H37Cl2N3O5S/c1-6-19(3)30-27(34)25(7-2)31(18-20-13-14-23(28)24(29)16-20)26(33)12-9-15-32(38(5,35)36)21-10-8-11-22(17-21)37-4/h8,10-11,13-14,16-17,19,25H,6-7,9,12,15,18H2,1-5H3,(H,30,34)/t19-,25-/m1/s1. The second kappa shape index (κ2) is 14.6. The Morgan fingerprint density at radius 2 is 1.76 bits per heavy atom. The van der Waals surface area contributed by atoms with Crippen LogP contribution in [-0.2, 0) is 26.2 Å². The number of nitrogens with one attached hydrogen (secondary N) is 1. The molecule has 2 atom stereocenters. The van der Waals surface area contributed by atoms with E-state index in [0.29, 0.717) is 27.9 Å². The molecular weight excluding hydrogens is 549 g/mol. The van der Waals surface area contributed by atoms with Crippen molar-refractivity contribution in [3.05, 3.63) is 58.1 Å². The number of carbonyl (C=O) groups is 2. The van der Waals surface area contributed by atoms with Gasteiger partial charge in [0.15, 0.2) is 0 Å². The molecule has 0 spiro atoms. The maximum absolute atomic E-state index is 13.5. The summed E-state index contributed by atoms with van der Waals surface area (Å²) in [5.74, 6) is 0.0313. The number of halogens is 2. The molecule has 0 aliphatic heterocycles. The molecule has 0 fully saturated rings. The fourth-order valence-electron chi connectivity index (χ4n) is 3.96. The Morgan fingerprint density at radius 1 is 1.05 bits per heavy atom. The summed E-state index contributed by atoms with van der Waals surface area (Å²) in [4.78, 5) is 28.2. The summed E-state index contributed by atoms with van der Waals surface area (Å²) in [6.07, 6.45) is 2.59. The van der Waals surface area contributed by atoms with E-state index in [-0.39, 0.29) is 43.8 Å². The fourth-order valence-corrected chi connectivity index (χ4v) is 5.24. The lowest BCUT2D eigenvalue weighted by atomic mass is 10.1. The van der Waals surface area contributed by atoms with E-state index in [0.717, 1.165) is 18.2 Å². The van der Waals surface area contributed by atoms with Crippen molar-refractivity contribution in [1.29, 1.82) is 0 Å². The Kier molecular flexibility index (Phi) is 12.2. The third-order valence-electron chi connectivity index (χ3n) is 6.22. The third-order valence-corrected chi connectivity index (χ3v) is 8.15. The first-order valence-corrected chi connectivity index (χ1v) is 15.2. The summed E-state index contributed by atoms with van der Waals surface area (Å²) in [5.41, 5.74) is 1.18. The van der Waals surface area contributed by atoms with Crippen LogP contribution in [-0.4, -0.2) is 57.1 Å². The van der Waals surface area contributed by atoms with Gasteiger partial charge in [0.05, 0.1) is 29.1 Å². The largest absolute Gasteiger partial charge is 0.497 e. The van der Waals surface area contributed by atoms with Gasteiger partial charge in [-0.25, -0.2) is 8.42 Å². The highest BCUT2D eigenvalue weighted by atomic mass is 35.5. The van der Waals surface area contributed by atoms with E-state index in [2.05, 4.69) is 5.32 Å². The van der Waals surface area contributed by atoms with Crippen molar-refractivity contribution in [2.75, 3.05) is 24.2 Å². The van der Waals surface area contributed by atoms with Crippen molar-refractivity contribution in [2.45, 2.75) is 65.1 Å². The molecular formula is C27H37Cl2N3O5S. The Hall–Kier alpha value is -2.49. The van der Waals surface area contributed by atoms with Crippen LogP contribution < -0.4 is 14.4 Å². The Balaban J connectivity index is 2.26. The first-order chi connectivity index (χ1) is 17.9. The molecule has 2 aromatic carbocycles. The highest BCUT2D eigenvalue weighted by Crippen LogP contribution is 2.26. The first-order valence-electron chi connectivity index (χ1n) is 12.6. The van der Waals surface area contributed by atoms with Gasteiger partial charge in [0.2, 0.25) is 21.8 Å². The third kappa shape index (κ3) is 9.06. The molecule has 38 heavy (non-hydrogen) atoms. The molecule has 0 heterocycles. The van der Waals surface area contributed by atoms with Crippen LogP contribution in [0.5, 0.6) is 5.75 Å². The highest BCUT2D eigenvalue weighted by Gasteiger charge is 2.29. The van der Waals surface area contributed by atoms with Gasteiger partial charge in [0.1, 0.15) is 11.8 Å². The van der Waals surface area contributed by atoms with Crippen molar-refractivity contribution in [3.63, 3.8) is 0 Å². The molecule has 0 saturated heterocycles. The molecule has 2 rings (SSSR count). The fraction of sp³-hybridized carbons (Fsp3) is 0.481. The van der Waals surface area contributed by atoms with Gasteiger partial charge in [-0.1, -0.05) is 49.2 Å². The van der Waals surface area contributed by atoms with Gasteiger partial charge in [-0.05, 0) is 56.0 Å². The predicted molar refractivity (Wildman–Crippen MR) is 153 cm³/mol. The topological polar surface area (TPSA) is 96.0 Å². The average molecular weight is 587 g/mol. The van der Waals surface area contributed by atoms with E-state index in [9.17, 15) is 18.0 Å². The average Bonchev–Trinajstić information content (AvgIpc) is 2.87. The lowest BCUT2D eigenvalue weighted by Crippen LogP contribution is -2.50. The minimum absolute atomic E-state index is 0.0374. The second-order valence-electron chi connectivity index (χ2n) is 9.15. The van der Waals surface area contributed by atoms with Gasteiger partial charge in [-0.2, -0.15) is 0 Å². The van der Waals surface area contributed by atoms with Crippen LogP contribution in [0.15, 0.2) is 42.5 Å². The molecule has 0 aliphatic carbocycles. The Labute approximate surface area is 236 Å². The minimum Gasteiger partial charge on any atom is -0.497 e. The lowest BCUT2D eigenvalue weighted by Gasteiger charge is -2.32. The van der Waals surface area contributed by atoms with Crippen LogP contribution in [0.3, 0.4) is 0 Å². The molecule has 11 heteroatoms. The molecule has 2 amide bonds. The Morgan fingerprint density at radius 3 is 2.34 bits per heavy atom. The first kappa shape index (κ1) is 31.7. The monoisotopic (exact) mass is 585 g/mol. The zero-order chi connectivity index (χ0) is 28.5. The van der Waals surface area contributed by atoms with E-state index in [1.807, 2.05) is 20.8 Å². The molecule has 0 saturated carbocycles. The van der Waals surface area contributed by atoms with Crippen molar-refractivity contribution >= 4 is 50.7 Å². The minimum atomic E-state index is -3.61. The van der Waals surface area contributed by atoms with Gasteiger partial charge < -0.3 is 15.0 Å². The van der Waals surface area contributed by atoms with Crippen LogP contribution in [0.2, 0.25) is 10.0 Å². The highest BCUT2D eigenvalue weighted by molar-refractivity contribution is 7.92. The normalized spacial score (nSPS) is 12.9. The lowest BCUT2D eigenvalue weighted by molar-refractivity contribution is -0.141. The number of carbonyl (C=O) groups excluding carboxylic acids is 2. The maximum atomic E-state index is 13.5. The molecule has 2 aromatic rings. The summed E-state index contributed by atoms with van der Waals surface area (Å²) in [6, 6.07) is 11.1. The predicted octanol–water partition coefficient (Wildman–Crippen LogP) is 5.27. The van der Waals surface area contributed by atoms with Gasteiger partial charge in [0.25, 0.3) is 0 Å². The summed E-state index contributed by atoms with van der Waals surface area (Å²) in [6.45, 7) is 5.99. The number of benzene rings is 2. The number of hydrogen-bond donors (Lipinski definition) is 1. The number of sulfonamides is 1. The molecule has 0 unspecified atom stereocenters. The van der Waals surface area contributed by atoms with E-state index >= 15 is 0 Å². The molecule has 8 nitrogen and oxygen atoms in total. The number of hydrogen-bond acceptors (Lipinski definition) is 5. The summed E-state index contributed by atoms with van der Waals surface area (Å²) >= 11 is 12.3. The Bertz CT molecular complexity index is 1210. The molecule has 0 radical (unpaired) electrons. The van der Waals surface area contributed by atoms with Crippen LogP contribution in [0.25, 0.3) is 0 Å². The molecule has 0 aromatic heterocycles. The van der Waals surface area contributed by atoms with E-state index < -0.39 is 16.1 Å². The zero-order valence-electron chi connectivity index (χ0n) is 22.5. The van der Waals surface area contributed by atoms with E-state index in [1.54, 1.807) is 42.5 Å². The number of ether oxygens (including phenoxy) is 1. The number of amides is 2. The summed E-state index contributed by atoms with van der Waals surface area (Å²) in [7, 11) is -2.10. The molecule has 210 valence electrons. The van der Waals surface area contributed by atoms with Gasteiger partial charge in [0, 0.05) is 31.6 Å². The van der Waals surface area contributed by atoms with Crippen molar-refractivity contribution in [1.82, 2.24) is 10.2 Å². The number of methoxy groups -OCH3 is 1. The zero-order valence-corrected chi connectivity index (χ0v) is 24.9.